The molecule has 5 nitrogen and oxygen atoms in total. The zero-order chi connectivity index (χ0) is 23.5. The number of nitrogens with zero attached hydrogens (tertiary/aromatic N) is 1. The predicted octanol–water partition coefficient (Wildman–Crippen LogP) is 5.57. The molecule has 0 aliphatic carbocycles. The summed E-state index contributed by atoms with van der Waals surface area (Å²) in [6.07, 6.45) is 6.15. The van der Waals surface area contributed by atoms with Crippen LogP contribution in [0.2, 0.25) is 0 Å². The number of thiazole rings is 1. The molecule has 0 radical (unpaired) electrons. The fourth-order valence-corrected chi connectivity index (χ4v) is 3.90. The Balaban J connectivity index is 1.52. The largest absolute Gasteiger partial charge is 0.352 e. The fraction of sp³-hybridized carbons (Fsp3) is 0.240. The van der Waals surface area contributed by atoms with Gasteiger partial charge >= 0.3 is 0 Å². The van der Waals surface area contributed by atoms with Crippen LogP contribution in [0.3, 0.4) is 0 Å². The number of hydrogen-bond donors (Lipinski definition) is 3. The normalized spacial score (nSPS) is 11.3. The van der Waals surface area contributed by atoms with E-state index in [0.717, 1.165) is 30.4 Å². The van der Waals surface area contributed by atoms with Crippen molar-refractivity contribution in [1.29, 1.82) is 0 Å². The summed E-state index contributed by atoms with van der Waals surface area (Å²) in [5.41, 5.74) is 3.08. The maximum Gasteiger partial charge on any atom is 0.251 e. The van der Waals surface area contributed by atoms with Gasteiger partial charge in [-0.25, -0.2) is 9.37 Å². The van der Waals surface area contributed by atoms with E-state index in [0.29, 0.717) is 35.0 Å². The van der Waals surface area contributed by atoms with Crippen molar-refractivity contribution in [2.75, 3.05) is 11.9 Å². The fourth-order valence-electron chi connectivity index (χ4n) is 3.15. The Morgan fingerprint density at radius 3 is 2.45 bits per heavy atom. The second-order valence-corrected chi connectivity index (χ2v) is 8.63. The Morgan fingerprint density at radius 2 is 1.79 bits per heavy atom. The Morgan fingerprint density at radius 1 is 1.03 bits per heavy atom. The van der Waals surface area contributed by atoms with Crippen LogP contribution in [0.4, 0.5) is 9.52 Å². The van der Waals surface area contributed by atoms with Crippen molar-refractivity contribution in [1.82, 2.24) is 10.3 Å². The van der Waals surface area contributed by atoms with Gasteiger partial charge in [0, 0.05) is 35.9 Å². The number of nitrogens with one attached hydrogen (secondary N) is 2. The number of carbonyl (C=O) groups is 2. The molecule has 0 bridgehead atoms. The summed E-state index contributed by atoms with van der Waals surface area (Å²) in [6, 6.07) is 13.7. The van der Waals surface area contributed by atoms with E-state index in [2.05, 4.69) is 28.2 Å². The molecule has 0 fully saturated rings. The van der Waals surface area contributed by atoms with E-state index in [1.807, 2.05) is 29.6 Å². The predicted molar refractivity (Wildman–Crippen MR) is 136 cm³/mol. The summed E-state index contributed by atoms with van der Waals surface area (Å²) in [4.78, 5) is 28.8. The number of halogens is 1. The molecule has 0 aliphatic heterocycles. The summed E-state index contributed by atoms with van der Waals surface area (Å²) in [5.74, 6) is 0.0124. The first-order chi connectivity index (χ1) is 16.0. The first-order valence-electron chi connectivity index (χ1n) is 10.7. The molecule has 0 saturated carbocycles. The first kappa shape index (κ1) is 24.7. The van der Waals surface area contributed by atoms with Crippen molar-refractivity contribution in [3.63, 3.8) is 0 Å². The lowest BCUT2D eigenvalue weighted by molar-refractivity contribution is -0.117. The van der Waals surface area contributed by atoms with E-state index in [1.54, 1.807) is 24.4 Å². The van der Waals surface area contributed by atoms with Crippen LogP contribution in [0.25, 0.3) is 11.6 Å². The zero-order valence-corrected chi connectivity index (χ0v) is 19.8. The van der Waals surface area contributed by atoms with E-state index >= 15 is 0 Å². The van der Waals surface area contributed by atoms with Crippen LogP contribution in [0.1, 0.15) is 42.4 Å². The molecule has 1 aromatic heterocycles. The standard InChI is InChI=1S/C25H26FN3O2S2/c26-21-11-9-20(10-12-21)22(16-18-5-7-19(17-32)8-6-18)24(31)27-13-3-1-2-4-23(30)29-25-28-14-15-33-25/h5-12,14-16,32H,1-4,13,17H2,(H,27,31)(H,28,29,30)/b22-16-. The molecule has 0 spiro atoms. The molecule has 1 heterocycles. The van der Waals surface area contributed by atoms with Crippen molar-refractivity contribution >= 4 is 52.6 Å². The van der Waals surface area contributed by atoms with Gasteiger partial charge in [0.1, 0.15) is 5.82 Å². The molecular weight excluding hydrogens is 457 g/mol. The molecule has 3 rings (SSSR count). The minimum atomic E-state index is -0.351. The smallest absolute Gasteiger partial charge is 0.251 e. The monoisotopic (exact) mass is 483 g/mol. The summed E-state index contributed by atoms with van der Waals surface area (Å²) < 4.78 is 13.4. The molecule has 2 amide bonds. The molecule has 0 aliphatic rings. The van der Waals surface area contributed by atoms with Crippen molar-refractivity contribution in [2.24, 2.45) is 0 Å². The second kappa shape index (κ2) is 12.9. The van der Waals surface area contributed by atoms with Crippen LogP contribution in [0.5, 0.6) is 0 Å². The highest BCUT2D eigenvalue weighted by Gasteiger charge is 2.12. The van der Waals surface area contributed by atoms with Crippen molar-refractivity contribution < 1.29 is 14.0 Å². The van der Waals surface area contributed by atoms with Crippen molar-refractivity contribution in [3.8, 4) is 0 Å². The number of thiol groups is 1. The van der Waals surface area contributed by atoms with E-state index < -0.39 is 0 Å². The van der Waals surface area contributed by atoms with Gasteiger partial charge in [-0.3, -0.25) is 9.59 Å². The van der Waals surface area contributed by atoms with Gasteiger partial charge in [-0.15, -0.1) is 11.3 Å². The van der Waals surface area contributed by atoms with Gasteiger partial charge < -0.3 is 10.6 Å². The van der Waals surface area contributed by atoms with Crippen LogP contribution in [0, 0.1) is 5.82 Å². The van der Waals surface area contributed by atoms with E-state index in [1.165, 1.54) is 23.5 Å². The van der Waals surface area contributed by atoms with E-state index in [-0.39, 0.29) is 17.6 Å². The average Bonchev–Trinajstić information content (AvgIpc) is 3.33. The topological polar surface area (TPSA) is 71.1 Å². The van der Waals surface area contributed by atoms with Gasteiger partial charge in [0.25, 0.3) is 5.91 Å². The SMILES string of the molecule is O=C(CCCCCNC(=O)/C(=C\c1ccc(CS)cc1)c1ccc(F)cc1)Nc1nccs1. The van der Waals surface area contributed by atoms with Crippen LogP contribution in [-0.4, -0.2) is 23.3 Å². The number of aromatic nitrogens is 1. The third-order valence-electron chi connectivity index (χ3n) is 4.92. The number of carbonyl (C=O) groups excluding carboxylic acids is 2. The lowest BCUT2D eigenvalue weighted by Crippen LogP contribution is -2.25. The van der Waals surface area contributed by atoms with Gasteiger partial charge in [0.15, 0.2) is 5.13 Å². The van der Waals surface area contributed by atoms with Crippen LogP contribution >= 0.6 is 24.0 Å². The number of amides is 2. The highest BCUT2D eigenvalue weighted by atomic mass is 32.1. The number of rotatable bonds is 11. The van der Waals surface area contributed by atoms with Crippen molar-refractivity contribution in [3.05, 3.63) is 82.6 Å². The molecule has 3 aromatic rings. The molecule has 0 saturated heterocycles. The van der Waals surface area contributed by atoms with Gasteiger partial charge in [0.2, 0.25) is 5.91 Å². The summed E-state index contributed by atoms with van der Waals surface area (Å²) in [7, 11) is 0. The summed E-state index contributed by atoms with van der Waals surface area (Å²) in [5, 5.41) is 8.11. The number of benzene rings is 2. The van der Waals surface area contributed by atoms with Crippen LogP contribution in [-0.2, 0) is 15.3 Å². The maximum absolute atomic E-state index is 13.4. The van der Waals surface area contributed by atoms with E-state index in [9.17, 15) is 14.0 Å². The first-order valence-corrected chi connectivity index (χ1v) is 12.2. The molecule has 0 unspecified atom stereocenters. The lowest BCUT2D eigenvalue weighted by Gasteiger charge is -2.10. The van der Waals surface area contributed by atoms with Gasteiger partial charge in [-0.1, -0.05) is 42.8 Å². The molecular formula is C25H26FN3O2S2. The van der Waals surface area contributed by atoms with Crippen LogP contribution in [0.15, 0.2) is 60.1 Å². The molecule has 172 valence electrons. The highest BCUT2D eigenvalue weighted by Crippen LogP contribution is 2.20. The van der Waals surface area contributed by atoms with Gasteiger partial charge in [-0.05, 0) is 47.7 Å². The lowest BCUT2D eigenvalue weighted by atomic mass is 10.0. The molecule has 33 heavy (non-hydrogen) atoms. The van der Waals surface area contributed by atoms with Gasteiger partial charge in [0.05, 0.1) is 0 Å². The Labute approximate surface area is 202 Å². The van der Waals surface area contributed by atoms with Gasteiger partial charge in [-0.2, -0.15) is 12.6 Å². The second-order valence-electron chi connectivity index (χ2n) is 7.42. The van der Waals surface area contributed by atoms with Crippen molar-refractivity contribution in [2.45, 2.75) is 31.4 Å². The third-order valence-corrected chi connectivity index (χ3v) is 5.97. The van der Waals surface area contributed by atoms with Crippen LogP contribution < -0.4 is 10.6 Å². The molecule has 2 N–H and O–H groups in total. The number of unbranched alkanes of at least 4 members (excludes halogenated alkanes) is 2. The number of hydrogen-bond acceptors (Lipinski definition) is 5. The zero-order valence-electron chi connectivity index (χ0n) is 18.1. The minimum Gasteiger partial charge on any atom is -0.352 e. The quantitative estimate of drug-likeness (QED) is 0.145. The Bertz CT molecular complexity index is 1070. The minimum absolute atomic E-state index is 0.0561. The number of anilines is 1. The summed E-state index contributed by atoms with van der Waals surface area (Å²) in [6.45, 7) is 0.490. The van der Waals surface area contributed by atoms with E-state index in [4.69, 9.17) is 0 Å². The third kappa shape index (κ3) is 8.14. The Kier molecular flexibility index (Phi) is 9.65. The highest BCUT2D eigenvalue weighted by molar-refractivity contribution is 7.79. The molecule has 2 aromatic carbocycles. The average molecular weight is 484 g/mol. The molecule has 0 atom stereocenters. The summed E-state index contributed by atoms with van der Waals surface area (Å²) >= 11 is 5.65. The maximum atomic E-state index is 13.4. The Hall–Kier alpha value is -2.97. The molecule has 8 heteroatoms.